The van der Waals surface area contributed by atoms with Crippen LogP contribution in [0.25, 0.3) is 0 Å². The number of fused-ring (bicyclic) bond motifs is 1. The molecule has 1 amide bonds. The number of carbonyl (C=O) groups is 1. The van der Waals surface area contributed by atoms with Crippen molar-refractivity contribution in [1.29, 1.82) is 0 Å². The van der Waals surface area contributed by atoms with Crippen molar-refractivity contribution >= 4 is 17.5 Å². The molecule has 5 heteroatoms. The second-order valence-corrected chi connectivity index (χ2v) is 6.36. The van der Waals surface area contributed by atoms with Gasteiger partial charge in [-0.15, -0.1) is 0 Å². The van der Waals surface area contributed by atoms with Gasteiger partial charge in [0.25, 0.3) is 5.91 Å². The van der Waals surface area contributed by atoms with Gasteiger partial charge in [-0.3, -0.25) is 4.79 Å². The summed E-state index contributed by atoms with van der Waals surface area (Å²) in [5.74, 6) is -1.28. The highest BCUT2D eigenvalue weighted by atomic mass is 35.5. The Bertz CT molecular complexity index is 729. The van der Waals surface area contributed by atoms with Gasteiger partial charge in [0, 0.05) is 13.0 Å². The van der Waals surface area contributed by atoms with Crippen molar-refractivity contribution in [3.05, 3.63) is 70.0 Å². The van der Waals surface area contributed by atoms with Crippen LogP contribution in [0.3, 0.4) is 0 Å². The van der Waals surface area contributed by atoms with E-state index in [2.05, 4.69) is 5.32 Å². The van der Waals surface area contributed by atoms with E-state index in [4.69, 9.17) is 11.6 Å². The molecule has 2 aromatic rings. The minimum atomic E-state index is -1.03. The second-order valence-electron chi connectivity index (χ2n) is 5.95. The molecule has 0 aromatic heterocycles. The summed E-state index contributed by atoms with van der Waals surface area (Å²) in [7, 11) is 0. The highest BCUT2D eigenvalue weighted by Gasteiger charge is 2.32. The van der Waals surface area contributed by atoms with Crippen molar-refractivity contribution < 1.29 is 14.3 Å². The topological polar surface area (TPSA) is 49.3 Å². The van der Waals surface area contributed by atoms with E-state index in [0.717, 1.165) is 12.0 Å². The third kappa shape index (κ3) is 3.38. The normalized spacial score (nSPS) is 20.0. The van der Waals surface area contributed by atoms with E-state index in [0.29, 0.717) is 12.8 Å². The Labute approximate surface area is 139 Å². The number of aliphatic hydroxyl groups is 1. The van der Waals surface area contributed by atoms with Gasteiger partial charge in [-0.05, 0) is 36.1 Å². The summed E-state index contributed by atoms with van der Waals surface area (Å²) in [6.45, 7) is 0.0603. The van der Waals surface area contributed by atoms with Gasteiger partial charge in [0.1, 0.15) is 5.82 Å². The molecule has 120 valence electrons. The van der Waals surface area contributed by atoms with Crippen molar-refractivity contribution in [2.24, 2.45) is 0 Å². The average molecular weight is 334 g/mol. The molecule has 0 aliphatic heterocycles. The Hall–Kier alpha value is -1.91. The number of rotatable bonds is 3. The molecule has 1 aliphatic rings. The fourth-order valence-electron chi connectivity index (χ4n) is 2.98. The van der Waals surface area contributed by atoms with Crippen LogP contribution < -0.4 is 5.32 Å². The predicted octanol–water partition coefficient (Wildman–Crippen LogP) is 3.13. The maximum atomic E-state index is 13.8. The number of hydrogen-bond donors (Lipinski definition) is 2. The molecule has 23 heavy (non-hydrogen) atoms. The van der Waals surface area contributed by atoms with Crippen molar-refractivity contribution in [2.75, 3.05) is 6.54 Å². The van der Waals surface area contributed by atoms with Crippen LogP contribution in [0.4, 0.5) is 4.39 Å². The molecule has 0 spiro atoms. The Morgan fingerprint density at radius 3 is 2.70 bits per heavy atom. The monoisotopic (exact) mass is 333 g/mol. The molecule has 1 unspecified atom stereocenters. The Balaban J connectivity index is 1.70. The molecule has 0 radical (unpaired) electrons. The van der Waals surface area contributed by atoms with Crippen LogP contribution in [0.2, 0.25) is 5.02 Å². The van der Waals surface area contributed by atoms with Crippen molar-refractivity contribution in [1.82, 2.24) is 5.32 Å². The van der Waals surface area contributed by atoms with Crippen LogP contribution in [0, 0.1) is 5.82 Å². The zero-order valence-corrected chi connectivity index (χ0v) is 13.2. The number of benzene rings is 2. The van der Waals surface area contributed by atoms with Crippen molar-refractivity contribution in [2.45, 2.75) is 24.9 Å². The van der Waals surface area contributed by atoms with Crippen LogP contribution in [-0.4, -0.2) is 23.2 Å². The van der Waals surface area contributed by atoms with Crippen LogP contribution >= 0.6 is 11.6 Å². The van der Waals surface area contributed by atoms with E-state index in [1.54, 1.807) is 0 Å². The molecule has 0 saturated heterocycles. The van der Waals surface area contributed by atoms with Crippen molar-refractivity contribution in [3.8, 4) is 0 Å². The number of aryl methyl sites for hydroxylation is 1. The number of amides is 1. The number of halogens is 2. The van der Waals surface area contributed by atoms with E-state index >= 15 is 0 Å². The molecule has 1 aliphatic carbocycles. The molecule has 2 aromatic carbocycles. The highest BCUT2D eigenvalue weighted by molar-refractivity contribution is 6.33. The first-order valence-electron chi connectivity index (χ1n) is 7.50. The molecule has 2 N–H and O–H groups in total. The van der Waals surface area contributed by atoms with Gasteiger partial charge in [-0.25, -0.2) is 4.39 Å². The third-order valence-electron chi connectivity index (χ3n) is 4.27. The summed E-state index contributed by atoms with van der Waals surface area (Å²) >= 11 is 5.88. The Morgan fingerprint density at radius 1 is 1.22 bits per heavy atom. The molecule has 3 nitrogen and oxygen atoms in total. The van der Waals surface area contributed by atoms with Crippen molar-refractivity contribution in [3.63, 3.8) is 0 Å². The lowest BCUT2D eigenvalue weighted by atomic mass is 9.80. The molecular formula is C18H17ClFNO2. The predicted molar refractivity (Wildman–Crippen MR) is 87.2 cm³/mol. The summed E-state index contributed by atoms with van der Waals surface area (Å²) in [6, 6.07) is 12.0. The van der Waals surface area contributed by atoms with Gasteiger partial charge in [0.15, 0.2) is 0 Å². The molecule has 3 rings (SSSR count). The number of nitrogens with one attached hydrogen (secondary N) is 1. The first-order chi connectivity index (χ1) is 11.0. The van der Waals surface area contributed by atoms with Gasteiger partial charge < -0.3 is 10.4 Å². The van der Waals surface area contributed by atoms with E-state index in [-0.39, 0.29) is 17.1 Å². The van der Waals surface area contributed by atoms with Crippen LogP contribution in [0.5, 0.6) is 0 Å². The first-order valence-corrected chi connectivity index (χ1v) is 7.88. The lowest BCUT2D eigenvalue weighted by Gasteiger charge is -2.33. The molecular weight excluding hydrogens is 317 g/mol. The summed E-state index contributed by atoms with van der Waals surface area (Å²) in [5, 5.41) is 13.4. The SMILES string of the molecule is O=C(NCC1(O)CCc2ccccc2C1)c1c(F)cccc1Cl. The van der Waals surface area contributed by atoms with E-state index in [9.17, 15) is 14.3 Å². The maximum Gasteiger partial charge on any atom is 0.255 e. The van der Waals surface area contributed by atoms with Gasteiger partial charge in [-0.2, -0.15) is 0 Å². The summed E-state index contributed by atoms with van der Waals surface area (Å²) in [6.07, 6.45) is 1.77. The summed E-state index contributed by atoms with van der Waals surface area (Å²) < 4.78 is 13.8. The summed E-state index contributed by atoms with van der Waals surface area (Å²) in [5.41, 5.74) is 1.09. The molecule has 1 atom stereocenters. The number of carbonyl (C=O) groups excluding carboxylic acids is 1. The quantitative estimate of drug-likeness (QED) is 0.906. The van der Waals surface area contributed by atoms with Gasteiger partial charge >= 0.3 is 0 Å². The van der Waals surface area contributed by atoms with Crippen LogP contribution in [0.15, 0.2) is 42.5 Å². The minimum absolute atomic E-state index is 0.0588. The Kier molecular flexibility index (Phi) is 4.37. The average Bonchev–Trinajstić information content (AvgIpc) is 2.53. The second kappa shape index (κ2) is 6.30. The molecule has 0 heterocycles. The highest BCUT2D eigenvalue weighted by Crippen LogP contribution is 2.28. The fraction of sp³-hybridized carbons (Fsp3) is 0.278. The van der Waals surface area contributed by atoms with E-state index in [1.807, 2.05) is 24.3 Å². The van der Waals surface area contributed by atoms with E-state index < -0.39 is 17.3 Å². The van der Waals surface area contributed by atoms with Gasteiger partial charge in [0.05, 0.1) is 16.2 Å². The maximum absolute atomic E-state index is 13.8. The summed E-state index contributed by atoms with van der Waals surface area (Å²) in [4.78, 5) is 12.2. The lowest BCUT2D eigenvalue weighted by molar-refractivity contribution is 0.0259. The first kappa shape index (κ1) is 16.0. The smallest absolute Gasteiger partial charge is 0.255 e. The lowest BCUT2D eigenvalue weighted by Crippen LogP contribution is -2.46. The van der Waals surface area contributed by atoms with Gasteiger partial charge in [-0.1, -0.05) is 41.9 Å². The standard InChI is InChI=1S/C18H17ClFNO2/c19-14-6-3-7-15(20)16(14)17(22)21-11-18(23)9-8-12-4-1-2-5-13(12)10-18/h1-7,23H,8-11H2,(H,21,22). The van der Waals surface area contributed by atoms with E-state index in [1.165, 1.54) is 23.8 Å². The molecule has 0 saturated carbocycles. The minimum Gasteiger partial charge on any atom is -0.388 e. The Morgan fingerprint density at radius 2 is 1.96 bits per heavy atom. The zero-order valence-electron chi connectivity index (χ0n) is 12.5. The molecule has 0 fully saturated rings. The third-order valence-corrected chi connectivity index (χ3v) is 4.58. The molecule has 0 bridgehead atoms. The largest absolute Gasteiger partial charge is 0.388 e. The zero-order chi connectivity index (χ0) is 16.4. The van der Waals surface area contributed by atoms with Crippen LogP contribution in [0.1, 0.15) is 27.9 Å². The fourth-order valence-corrected chi connectivity index (χ4v) is 3.23. The van der Waals surface area contributed by atoms with Gasteiger partial charge in [0.2, 0.25) is 0 Å². The number of hydrogen-bond acceptors (Lipinski definition) is 2. The van der Waals surface area contributed by atoms with Crippen LogP contribution in [-0.2, 0) is 12.8 Å².